The number of hydrogen-bond acceptors (Lipinski definition) is 4. The molecule has 1 aliphatic heterocycles. The predicted molar refractivity (Wildman–Crippen MR) is 103 cm³/mol. The largest absolute Gasteiger partial charge is 0.483 e. The number of carbonyl (C=O) groups excluding carboxylic acids is 2. The number of para-hydroxylation sites is 3. The van der Waals surface area contributed by atoms with Crippen LogP contribution in [0.3, 0.4) is 0 Å². The highest BCUT2D eigenvalue weighted by atomic mass is 16.5. The van der Waals surface area contributed by atoms with Gasteiger partial charge in [0, 0.05) is 6.54 Å². The van der Waals surface area contributed by atoms with E-state index < -0.39 is 6.10 Å². The van der Waals surface area contributed by atoms with Gasteiger partial charge in [-0.3, -0.25) is 9.59 Å². The first-order valence-corrected chi connectivity index (χ1v) is 9.12. The van der Waals surface area contributed by atoms with E-state index in [0.717, 1.165) is 12.0 Å². The minimum absolute atomic E-state index is 0.109. The second-order valence-corrected chi connectivity index (χ2v) is 6.42. The molecule has 0 bridgehead atoms. The number of nitrogens with zero attached hydrogens (tertiary/aromatic N) is 1. The molecule has 0 saturated carbocycles. The van der Waals surface area contributed by atoms with E-state index in [1.807, 2.05) is 50.2 Å². The number of hydrogen-bond donors (Lipinski definition) is 1. The third-order valence-corrected chi connectivity index (χ3v) is 4.36. The molecule has 0 fully saturated rings. The molecule has 1 aliphatic rings. The molecule has 0 radical (unpaired) electrons. The number of anilines is 1. The lowest BCUT2D eigenvalue weighted by Crippen LogP contribution is -2.51. The van der Waals surface area contributed by atoms with Crippen LogP contribution in [0.1, 0.15) is 18.9 Å². The topological polar surface area (TPSA) is 67.9 Å². The van der Waals surface area contributed by atoms with E-state index in [1.54, 1.807) is 17.0 Å². The minimum atomic E-state index is -0.742. The number of fused-ring (bicyclic) bond motifs is 1. The summed E-state index contributed by atoms with van der Waals surface area (Å²) < 4.78 is 11.5. The Morgan fingerprint density at radius 2 is 1.93 bits per heavy atom. The number of nitrogens with one attached hydrogen (secondary N) is 1. The van der Waals surface area contributed by atoms with E-state index in [2.05, 4.69) is 5.32 Å². The second-order valence-electron chi connectivity index (χ2n) is 6.42. The van der Waals surface area contributed by atoms with Gasteiger partial charge in [0.05, 0.1) is 12.2 Å². The van der Waals surface area contributed by atoms with E-state index in [0.29, 0.717) is 23.7 Å². The molecular formula is C21H24N2O4. The Kier molecular flexibility index (Phi) is 5.96. The quantitative estimate of drug-likeness (QED) is 0.851. The number of benzene rings is 2. The molecule has 0 saturated heterocycles. The second kappa shape index (κ2) is 8.58. The van der Waals surface area contributed by atoms with Crippen LogP contribution in [0.4, 0.5) is 5.69 Å². The van der Waals surface area contributed by atoms with Crippen LogP contribution in [0, 0.1) is 6.92 Å². The summed E-state index contributed by atoms with van der Waals surface area (Å²) in [4.78, 5) is 26.8. The van der Waals surface area contributed by atoms with Gasteiger partial charge in [0.25, 0.3) is 11.8 Å². The summed E-state index contributed by atoms with van der Waals surface area (Å²) in [5.74, 6) is 0.751. The molecule has 0 aliphatic carbocycles. The van der Waals surface area contributed by atoms with Crippen molar-refractivity contribution >= 4 is 17.5 Å². The number of amides is 2. The molecule has 2 aromatic rings. The minimum Gasteiger partial charge on any atom is -0.483 e. The van der Waals surface area contributed by atoms with Crippen LogP contribution < -0.4 is 19.7 Å². The van der Waals surface area contributed by atoms with Crippen molar-refractivity contribution in [3.8, 4) is 11.5 Å². The molecular weight excluding hydrogens is 344 g/mol. The van der Waals surface area contributed by atoms with E-state index in [9.17, 15) is 9.59 Å². The number of carbonyl (C=O) groups is 2. The molecule has 6 nitrogen and oxygen atoms in total. The van der Waals surface area contributed by atoms with Crippen molar-refractivity contribution in [3.05, 3.63) is 54.1 Å². The number of aryl methyl sites for hydroxylation is 1. The molecule has 0 aromatic heterocycles. The van der Waals surface area contributed by atoms with Gasteiger partial charge < -0.3 is 19.7 Å². The maximum absolute atomic E-state index is 12.8. The highest BCUT2D eigenvalue weighted by molar-refractivity contribution is 5.98. The third-order valence-electron chi connectivity index (χ3n) is 4.36. The Bertz CT molecular complexity index is 821. The molecule has 1 N–H and O–H groups in total. The van der Waals surface area contributed by atoms with Gasteiger partial charge in [-0.05, 0) is 37.1 Å². The zero-order valence-corrected chi connectivity index (χ0v) is 15.6. The summed E-state index contributed by atoms with van der Waals surface area (Å²) >= 11 is 0. The lowest BCUT2D eigenvalue weighted by Gasteiger charge is -2.34. The Morgan fingerprint density at radius 3 is 2.70 bits per heavy atom. The van der Waals surface area contributed by atoms with Crippen LogP contribution in [0.25, 0.3) is 0 Å². The monoisotopic (exact) mass is 368 g/mol. The predicted octanol–water partition coefficient (Wildman–Crippen LogP) is 2.69. The standard InChI is InChI=1S/C21H24N2O4/c1-3-12-22-21(25)19-13-23(16-9-5-7-11-18(16)27-19)20(24)14-26-17-10-6-4-8-15(17)2/h4-11,19H,3,12-14H2,1-2H3,(H,22,25)/t19-/m0/s1. The maximum Gasteiger partial charge on any atom is 0.265 e. The molecule has 2 amide bonds. The van der Waals surface area contributed by atoms with Crippen molar-refractivity contribution in [2.45, 2.75) is 26.4 Å². The SMILES string of the molecule is CCCNC(=O)[C@@H]1CN(C(=O)COc2ccccc2C)c2ccccc2O1. The fourth-order valence-electron chi connectivity index (χ4n) is 2.90. The zero-order chi connectivity index (χ0) is 19.2. The zero-order valence-electron chi connectivity index (χ0n) is 15.6. The van der Waals surface area contributed by atoms with E-state index >= 15 is 0 Å². The Morgan fingerprint density at radius 1 is 1.19 bits per heavy atom. The molecule has 3 rings (SSSR count). The van der Waals surface area contributed by atoms with Crippen LogP contribution in [0.5, 0.6) is 11.5 Å². The van der Waals surface area contributed by atoms with Gasteiger partial charge >= 0.3 is 0 Å². The average Bonchev–Trinajstić information content (AvgIpc) is 2.70. The van der Waals surface area contributed by atoms with Crippen LogP contribution >= 0.6 is 0 Å². The fraction of sp³-hybridized carbons (Fsp3) is 0.333. The Hall–Kier alpha value is -3.02. The van der Waals surface area contributed by atoms with E-state index in [1.165, 1.54) is 0 Å². The summed E-state index contributed by atoms with van der Waals surface area (Å²) in [5.41, 5.74) is 1.61. The number of ether oxygens (including phenoxy) is 2. The molecule has 1 atom stereocenters. The molecule has 142 valence electrons. The summed E-state index contributed by atoms with van der Waals surface area (Å²) in [6, 6.07) is 14.8. The summed E-state index contributed by atoms with van der Waals surface area (Å²) in [7, 11) is 0. The normalized spacial score (nSPS) is 15.5. The first-order valence-electron chi connectivity index (χ1n) is 9.12. The van der Waals surface area contributed by atoms with Crippen molar-refractivity contribution in [1.82, 2.24) is 5.32 Å². The highest BCUT2D eigenvalue weighted by Crippen LogP contribution is 2.33. The van der Waals surface area contributed by atoms with Crippen LogP contribution in [-0.4, -0.2) is 37.6 Å². The molecule has 6 heteroatoms. The van der Waals surface area contributed by atoms with Gasteiger partial charge in [0.1, 0.15) is 11.5 Å². The summed E-state index contributed by atoms with van der Waals surface area (Å²) in [6.45, 7) is 4.53. The van der Waals surface area contributed by atoms with Crippen molar-refractivity contribution in [2.24, 2.45) is 0 Å². The number of rotatable bonds is 6. The summed E-state index contributed by atoms with van der Waals surface area (Å²) in [6.07, 6.45) is 0.0935. The van der Waals surface area contributed by atoms with E-state index in [4.69, 9.17) is 9.47 Å². The van der Waals surface area contributed by atoms with Crippen molar-refractivity contribution in [2.75, 3.05) is 24.6 Å². The van der Waals surface area contributed by atoms with Crippen LogP contribution in [0.2, 0.25) is 0 Å². The Balaban J connectivity index is 1.74. The van der Waals surface area contributed by atoms with Gasteiger partial charge in [-0.1, -0.05) is 37.3 Å². The van der Waals surface area contributed by atoms with Crippen molar-refractivity contribution in [3.63, 3.8) is 0 Å². The molecule has 0 spiro atoms. The smallest absolute Gasteiger partial charge is 0.265 e. The molecule has 27 heavy (non-hydrogen) atoms. The summed E-state index contributed by atoms with van der Waals surface area (Å²) in [5, 5.41) is 2.82. The molecule has 2 aromatic carbocycles. The van der Waals surface area contributed by atoms with Crippen LogP contribution in [-0.2, 0) is 9.59 Å². The van der Waals surface area contributed by atoms with Gasteiger partial charge in [-0.25, -0.2) is 0 Å². The van der Waals surface area contributed by atoms with Gasteiger partial charge in [0.2, 0.25) is 0 Å². The van der Waals surface area contributed by atoms with Gasteiger partial charge in [-0.2, -0.15) is 0 Å². The van der Waals surface area contributed by atoms with Gasteiger partial charge in [-0.15, -0.1) is 0 Å². The first-order chi connectivity index (χ1) is 13.1. The average molecular weight is 368 g/mol. The Labute approximate surface area is 159 Å². The maximum atomic E-state index is 12.8. The van der Waals surface area contributed by atoms with Crippen molar-refractivity contribution in [1.29, 1.82) is 0 Å². The van der Waals surface area contributed by atoms with Crippen molar-refractivity contribution < 1.29 is 19.1 Å². The van der Waals surface area contributed by atoms with Crippen LogP contribution in [0.15, 0.2) is 48.5 Å². The first kappa shape index (κ1) is 18.8. The van der Waals surface area contributed by atoms with E-state index in [-0.39, 0.29) is 25.0 Å². The lowest BCUT2D eigenvalue weighted by molar-refractivity contribution is -0.128. The lowest BCUT2D eigenvalue weighted by atomic mass is 10.1. The molecule has 0 unspecified atom stereocenters. The van der Waals surface area contributed by atoms with Gasteiger partial charge in [0.15, 0.2) is 12.7 Å². The fourth-order valence-corrected chi connectivity index (χ4v) is 2.90. The third kappa shape index (κ3) is 4.39. The molecule has 1 heterocycles. The highest BCUT2D eigenvalue weighted by Gasteiger charge is 2.33.